The fourth-order valence-corrected chi connectivity index (χ4v) is 2.87. The smallest absolute Gasteiger partial charge is 0.318 e. The van der Waals surface area contributed by atoms with Gasteiger partial charge in [-0.3, -0.25) is 4.79 Å². The average molecular weight is 439 g/mol. The number of halogens is 7. The number of rotatable bonds is 3. The molecule has 28 heavy (non-hydrogen) atoms. The van der Waals surface area contributed by atoms with Crippen LogP contribution in [0.2, 0.25) is 10.0 Å². The quantitative estimate of drug-likeness (QED) is 0.568. The van der Waals surface area contributed by atoms with Crippen LogP contribution in [0, 0.1) is 6.92 Å². The van der Waals surface area contributed by atoms with Crippen molar-refractivity contribution in [3.63, 3.8) is 0 Å². The number of aromatic nitrogens is 3. The molecule has 0 spiro atoms. The Morgan fingerprint density at radius 2 is 1.71 bits per heavy atom. The molecule has 0 atom stereocenters. The molecule has 0 unspecified atom stereocenters. The lowest BCUT2D eigenvalue weighted by Crippen LogP contribution is -2.36. The first-order valence-electron chi connectivity index (χ1n) is 7.49. The third kappa shape index (κ3) is 3.49. The Bertz CT molecular complexity index is 1060. The minimum atomic E-state index is -5.85. The molecule has 0 aliphatic carbocycles. The van der Waals surface area contributed by atoms with E-state index in [2.05, 4.69) is 15.4 Å². The Morgan fingerprint density at radius 3 is 2.29 bits per heavy atom. The van der Waals surface area contributed by atoms with Crippen molar-refractivity contribution in [3.05, 3.63) is 57.5 Å². The number of fused-ring (bicyclic) bond motifs is 1. The van der Waals surface area contributed by atoms with Crippen LogP contribution in [0.3, 0.4) is 0 Å². The summed E-state index contributed by atoms with van der Waals surface area (Å²) < 4.78 is 66.5. The van der Waals surface area contributed by atoms with Gasteiger partial charge in [0.1, 0.15) is 5.69 Å². The van der Waals surface area contributed by atoms with Crippen LogP contribution in [-0.2, 0) is 5.92 Å². The number of amides is 1. The molecule has 0 radical (unpaired) electrons. The van der Waals surface area contributed by atoms with E-state index >= 15 is 0 Å². The standard InChI is InChI=1S/C16H9Cl2F5N4O/c1-7-5-11(15(19,20)16(21,22)23)27-12(24-7)6-10(26-27)14(28)25-13-8(17)3-2-4-9(13)18/h2-6H,1H3,(H,25,28). The van der Waals surface area contributed by atoms with E-state index < -0.39 is 29.4 Å². The third-order valence-corrected chi connectivity index (χ3v) is 4.30. The fraction of sp³-hybridized carbons (Fsp3) is 0.188. The molecule has 0 aliphatic rings. The Kier molecular flexibility index (Phi) is 4.96. The van der Waals surface area contributed by atoms with Gasteiger partial charge >= 0.3 is 12.1 Å². The predicted octanol–water partition coefficient (Wildman–Crippen LogP) is 5.25. The summed E-state index contributed by atoms with van der Waals surface area (Å²) in [7, 11) is 0. The maximum absolute atomic E-state index is 13.9. The maximum Gasteiger partial charge on any atom is 0.459 e. The number of hydrogen-bond donors (Lipinski definition) is 1. The highest BCUT2D eigenvalue weighted by molar-refractivity contribution is 6.40. The molecule has 0 saturated carbocycles. The number of carbonyl (C=O) groups excluding carboxylic acids is 1. The molecule has 1 aromatic carbocycles. The van der Waals surface area contributed by atoms with Crippen molar-refractivity contribution in [2.75, 3.05) is 5.32 Å². The SMILES string of the molecule is Cc1cc(C(F)(F)C(F)(F)F)n2nc(C(=O)Nc3c(Cl)cccc3Cl)cc2n1. The topological polar surface area (TPSA) is 59.3 Å². The van der Waals surface area contributed by atoms with Crippen molar-refractivity contribution in [1.82, 2.24) is 14.6 Å². The van der Waals surface area contributed by atoms with Gasteiger partial charge in [0.05, 0.1) is 15.7 Å². The number of para-hydroxylation sites is 1. The van der Waals surface area contributed by atoms with Crippen molar-refractivity contribution in [2.24, 2.45) is 0 Å². The number of alkyl halides is 5. The molecule has 12 heteroatoms. The monoisotopic (exact) mass is 438 g/mol. The summed E-state index contributed by atoms with van der Waals surface area (Å²) in [6.45, 7) is 1.24. The third-order valence-electron chi connectivity index (χ3n) is 3.67. The molecular weight excluding hydrogens is 430 g/mol. The number of anilines is 1. The number of nitrogens with one attached hydrogen (secondary N) is 1. The van der Waals surface area contributed by atoms with Crippen molar-refractivity contribution in [2.45, 2.75) is 19.0 Å². The number of nitrogens with zero attached hydrogens (tertiary/aromatic N) is 3. The summed E-state index contributed by atoms with van der Waals surface area (Å²) >= 11 is 11.9. The molecule has 2 aromatic heterocycles. The van der Waals surface area contributed by atoms with E-state index in [9.17, 15) is 26.7 Å². The Labute approximate surface area is 164 Å². The number of benzene rings is 1. The van der Waals surface area contributed by atoms with Crippen LogP contribution >= 0.6 is 23.2 Å². The van der Waals surface area contributed by atoms with E-state index in [4.69, 9.17) is 23.2 Å². The van der Waals surface area contributed by atoms with Crippen molar-refractivity contribution < 1.29 is 26.7 Å². The van der Waals surface area contributed by atoms with Gasteiger partial charge in [-0.25, -0.2) is 9.50 Å². The zero-order valence-corrected chi connectivity index (χ0v) is 15.3. The van der Waals surface area contributed by atoms with Gasteiger partial charge in [-0.2, -0.15) is 27.1 Å². The molecule has 1 amide bonds. The van der Waals surface area contributed by atoms with Crippen LogP contribution in [-0.4, -0.2) is 26.7 Å². The molecule has 2 heterocycles. The molecule has 3 rings (SSSR count). The van der Waals surface area contributed by atoms with Gasteiger partial charge in [0.15, 0.2) is 11.3 Å². The van der Waals surface area contributed by atoms with Crippen LogP contribution < -0.4 is 5.32 Å². The second-order valence-corrected chi connectivity index (χ2v) is 6.52. The van der Waals surface area contributed by atoms with E-state index in [1.54, 1.807) is 0 Å². The molecule has 0 saturated heterocycles. The van der Waals surface area contributed by atoms with E-state index in [-0.39, 0.29) is 31.6 Å². The van der Waals surface area contributed by atoms with Gasteiger partial charge in [0, 0.05) is 11.8 Å². The predicted molar refractivity (Wildman–Crippen MR) is 92.1 cm³/mol. The molecule has 5 nitrogen and oxygen atoms in total. The van der Waals surface area contributed by atoms with E-state index in [0.717, 1.165) is 6.07 Å². The van der Waals surface area contributed by atoms with Gasteiger partial charge in [-0.15, -0.1) is 0 Å². The zero-order chi connectivity index (χ0) is 20.9. The lowest BCUT2D eigenvalue weighted by atomic mass is 10.2. The fourth-order valence-electron chi connectivity index (χ4n) is 2.37. The lowest BCUT2D eigenvalue weighted by Gasteiger charge is -2.20. The highest BCUT2D eigenvalue weighted by Crippen LogP contribution is 2.43. The van der Waals surface area contributed by atoms with Crippen LogP contribution in [0.5, 0.6) is 0 Å². The molecule has 0 fully saturated rings. The average Bonchev–Trinajstić information content (AvgIpc) is 3.00. The summed E-state index contributed by atoms with van der Waals surface area (Å²) in [6.07, 6.45) is -5.85. The highest BCUT2D eigenvalue weighted by Gasteiger charge is 2.60. The Hall–Kier alpha value is -2.46. The minimum Gasteiger partial charge on any atom is -0.318 e. The summed E-state index contributed by atoms with van der Waals surface area (Å²) in [5, 5.41) is 6.11. The van der Waals surface area contributed by atoms with E-state index in [0.29, 0.717) is 6.07 Å². The number of hydrogen-bond acceptors (Lipinski definition) is 3. The Balaban J connectivity index is 2.08. The van der Waals surface area contributed by atoms with Crippen molar-refractivity contribution >= 4 is 40.4 Å². The first kappa shape index (κ1) is 20.3. The molecule has 148 valence electrons. The number of aryl methyl sites for hydroxylation is 1. The zero-order valence-electron chi connectivity index (χ0n) is 13.8. The summed E-state index contributed by atoms with van der Waals surface area (Å²) in [5.41, 5.74) is -2.33. The molecular formula is C16H9Cl2F5N4O. The van der Waals surface area contributed by atoms with Gasteiger partial charge in [-0.05, 0) is 25.1 Å². The molecule has 0 aliphatic heterocycles. The molecule has 1 N–H and O–H groups in total. The van der Waals surface area contributed by atoms with Gasteiger partial charge < -0.3 is 5.32 Å². The van der Waals surface area contributed by atoms with Crippen LogP contribution in [0.4, 0.5) is 27.6 Å². The maximum atomic E-state index is 13.9. The second kappa shape index (κ2) is 6.85. The highest BCUT2D eigenvalue weighted by atomic mass is 35.5. The largest absolute Gasteiger partial charge is 0.459 e. The van der Waals surface area contributed by atoms with E-state index in [1.165, 1.54) is 25.1 Å². The normalized spacial score (nSPS) is 12.4. The lowest BCUT2D eigenvalue weighted by molar-refractivity contribution is -0.291. The van der Waals surface area contributed by atoms with Crippen molar-refractivity contribution in [3.8, 4) is 0 Å². The minimum absolute atomic E-state index is 0.0397. The van der Waals surface area contributed by atoms with Gasteiger partial charge in [0.25, 0.3) is 5.91 Å². The van der Waals surface area contributed by atoms with Crippen LogP contribution in [0.1, 0.15) is 21.9 Å². The molecule has 3 aromatic rings. The first-order valence-corrected chi connectivity index (χ1v) is 8.25. The summed E-state index contributed by atoms with van der Waals surface area (Å²) in [4.78, 5) is 16.2. The van der Waals surface area contributed by atoms with Crippen molar-refractivity contribution in [1.29, 1.82) is 0 Å². The summed E-state index contributed by atoms with van der Waals surface area (Å²) in [6, 6.07) is 5.95. The van der Waals surface area contributed by atoms with Gasteiger partial charge in [0.2, 0.25) is 0 Å². The summed E-state index contributed by atoms with van der Waals surface area (Å²) in [5.74, 6) is -6.12. The molecule has 0 bridgehead atoms. The van der Waals surface area contributed by atoms with Crippen LogP contribution in [0.15, 0.2) is 30.3 Å². The Morgan fingerprint density at radius 1 is 1.11 bits per heavy atom. The van der Waals surface area contributed by atoms with Gasteiger partial charge in [-0.1, -0.05) is 29.3 Å². The first-order chi connectivity index (χ1) is 12.9. The second-order valence-electron chi connectivity index (χ2n) is 5.71. The van der Waals surface area contributed by atoms with E-state index in [1.807, 2.05) is 0 Å². The number of carbonyl (C=O) groups is 1. The van der Waals surface area contributed by atoms with Crippen LogP contribution in [0.25, 0.3) is 5.65 Å².